The van der Waals surface area contributed by atoms with Gasteiger partial charge in [-0.2, -0.15) is 0 Å². The van der Waals surface area contributed by atoms with Crippen LogP contribution in [0.2, 0.25) is 5.02 Å². The van der Waals surface area contributed by atoms with Crippen molar-refractivity contribution in [3.63, 3.8) is 0 Å². The van der Waals surface area contributed by atoms with Crippen LogP contribution in [-0.2, 0) is 13.1 Å². The van der Waals surface area contributed by atoms with Crippen molar-refractivity contribution in [1.29, 1.82) is 0 Å². The predicted molar refractivity (Wildman–Crippen MR) is 89.9 cm³/mol. The molecule has 0 radical (unpaired) electrons. The van der Waals surface area contributed by atoms with Crippen LogP contribution >= 0.6 is 11.6 Å². The first-order valence-electron chi connectivity index (χ1n) is 7.44. The molecule has 4 nitrogen and oxygen atoms in total. The molecule has 24 heavy (non-hydrogen) atoms. The number of halogens is 2. The first-order chi connectivity index (χ1) is 11.4. The van der Waals surface area contributed by atoms with Gasteiger partial charge in [-0.1, -0.05) is 17.7 Å². The SMILES string of the molecule is C[NH+](Cc1c(F)cccc1Cl)Cc1cc(=O)oc2cc(O)ccc12. The van der Waals surface area contributed by atoms with Gasteiger partial charge in [0.2, 0.25) is 0 Å². The monoisotopic (exact) mass is 348 g/mol. The number of benzene rings is 2. The molecule has 6 heteroatoms. The Morgan fingerprint density at radius 2 is 2.00 bits per heavy atom. The van der Waals surface area contributed by atoms with Crippen LogP contribution in [0.25, 0.3) is 11.0 Å². The highest BCUT2D eigenvalue weighted by Crippen LogP contribution is 2.21. The Morgan fingerprint density at radius 3 is 2.75 bits per heavy atom. The number of phenolic OH excluding ortho intramolecular Hbond substituents is 1. The summed E-state index contributed by atoms with van der Waals surface area (Å²) in [5.41, 5.74) is 1.06. The Hall–Kier alpha value is -2.37. The summed E-state index contributed by atoms with van der Waals surface area (Å²) < 4.78 is 19.0. The van der Waals surface area contributed by atoms with Crippen molar-refractivity contribution in [3.8, 4) is 5.75 Å². The van der Waals surface area contributed by atoms with Gasteiger partial charge >= 0.3 is 5.63 Å². The van der Waals surface area contributed by atoms with Gasteiger partial charge in [-0.15, -0.1) is 0 Å². The molecule has 2 N–H and O–H groups in total. The molecule has 0 saturated carbocycles. The molecule has 124 valence electrons. The third kappa shape index (κ3) is 3.42. The lowest BCUT2D eigenvalue weighted by molar-refractivity contribution is -0.907. The first-order valence-corrected chi connectivity index (χ1v) is 7.82. The zero-order valence-electron chi connectivity index (χ0n) is 13.0. The number of nitrogens with one attached hydrogen (secondary N) is 1. The van der Waals surface area contributed by atoms with Crippen molar-refractivity contribution < 1.29 is 18.8 Å². The van der Waals surface area contributed by atoms with Gasteiger partial charge in [0.1, 0.15) is 30.2 Å². The molecule has 1 unspecified atom stereocenters. The third-order valence-corrected chi connectivity index (χ3v) is 4.20. The number of quaternary nitrogens is 1. The van der Waals surface area contributed by atoms with Crippen molar-refractivity contribution in [2.24, 2.45) is 0 Å². The minimum atomic E-state index is -0.486. The zero-order valence-corrected chi connectivity index (χ0v) is 13.7. The normalized spacial score (nSPS) is 12.5. The lowest BCUT2D eigenvalue weighted by Gasteiger charge is -2.16. The van der Waals surface area contributed by atoms with Crippen molar-refractivity contribution >= 4 is 22.6 Å². The average molecular weight is 349 g/mol. The second kappa shape index (κ2) is 6.63. The number of hydrogen-bond donors (Lipinski definition) is 2. The minimum absolute atomic E-state index is 0.0293. The molecule has 3 rings (SSSR count). The van der Waals surface area contributed by atoms with Gasteiger partial charge in [0.15, 0.2) is 0 Å². The summed E-state index contributed by atoms with van der Waals surface area (Å²) in [6, 6.07) is 10.7. The standard InChI is InChI=1S/C18H15ClFNO3/c1-21(10-14-15(19)3-2-4-16(14)20)9-11-7-18(23)24-17-8-12(22)5-6-13(11)17/h2-8,22H,9-10H2,1H3/p+1. The molecule has 3 aromatic rings. The van der Waals surface area contributed by atoms with E-state index in [-0.39, 0.29) is 11.6 Å². The number of hydrogen-bond acceptors (Lipinski definition) is 3. The summed E-state index contributed by atoms with van der Waals surface area (Å²) in [6.07, 6.45) is 0. The van der Waals surface area contributed by atoms with E-state index in [0.717, 1.165) is 15.8 Å². The summed E-state index contributed by atoms with van der Waals surface area (Å²) in [5, 5.41) is 10.7. The van der Waals surface area contributed by atoms with Gasteiger partial charge in [-0.05, 0) is 24.3 Å². The fourth-order valence-electron chi connectivity index (χ4n) is 2.76. The van der Waals surface area contributed by atoms with Gasteiger partial charge in [-0.3, -0.25) is 0 Å². The molecule has 1 atom stereocenters. The minimum Gasteiger partial charge on any atom is -0.508 e. The largest absolute Gasteiger partial charge is 0.508 e. The molecule has 0 aliphatic carbocycles. The van der Waals surface area contributed by atoms with Crippen molar-refractivity contribution in [2.45, 2.75) is 13.1 Å². The van der Waals surface area contributed by atoms with Gasteiger partial charge in [0.25, 0.3) is 0 Å². The Kier molecular flexibility index (Phi) is 4.55. The van der Waals surface area contributed by atoms with Crippen LogP contribution in [0.5, 0.6) is 5.75 Å². The van der Waals surface area contributed by atoms with Crippen molar-refractivity contribution in [3.05, 3.63) is 74.9 Å². The van der Waals surface area contributed by atoms with E-state index < -0.39 is 5.63 Å². The molecule has 1 heterocycles. The fraction of sp³-hybridized carbons (Fsp3) is 0.167. The van der Waals surface area contributed by atoms with E-state index in [9.17, 15) is 14.3 Å². The Morgan fingerprint density at radius 1 is 1.21 bits per heavy atom. The van der Waals surface area contributed by atoms with Crippen molar-refractivity contribution in [2.75, 3.05) is 7.05 Å². The van der Waals surface area contributed by atoms with E-state index in [0.29, 0.717) is 29.3 Å². The van der Waals surface area contributed by atoms with E-state index >= 15 is 0 Å². The van der Waals surface area contributed by atoms with Gasteiger partial charge in [-0.25, -0.2) is 9.18 Å². The van der Waals surface area contributed by atoms with E-state index in [4.69, 9.17) is 16.0 Å². The van der Waals surface area contributed by atoms with Crippen LogP contribution in [0, 0.1) is 5.82 Å². The third-order valence-electron chi connectivity index (χ3n) is 3.85. The summed E-state index contributed by atoms with van der Waals surface area (Å²) in [7, 11) is 1.89. The lowest BCUT2D eigenvalue weighted by Crippen LogP contribution is -3.06. The topological polar surface area (TPSA) is 54.9 Å². The summed E-state index contributed by atoms with van der Waals surface area (Å²) in [5.74, 6) is -0.314. The molecule has 0 spiro atoms. The molecule has 0 aliphatic rings. The second-order valence-corrected chi connectivity index (χ2v) is 6.19. The maximum absolute atomic E-state index is 13.9. The summed E-state index contributed by atoms with van der Waals surface area (Å²) >= 11 is 6.07. The fourth-order valence-corrected chi connectivity index (χ4v) is 2.99. The highest BCUT2D eigenvalue weighted by atomic mass is 35.5. The maximum atomic E-state index is 13.9. The molecule has 0 saturated heterocycles. The number of aromatic hydroxyl groups is 1. The molecule has 0 bridgehead atoms. The van der Waals surface area contributed by atoms with Crippen LogP contribution in [0.15, 0.2) is 51.7 Å². The molecular formula is C18H16ClFNO3+. The maximum Gasteiger partial charge on any atom is 0.336 e. The Labute approximate surface area is 142 Å². The molecule has 1 aromatic heterocycles. The van der Waals surface area contributed by atoms with E-state index in [1.807, 2.05) is 7.05 Å². The Bertz CT molecular complexity index is 934. The highest BCUT2D eigenvalue weighted by Gasteiger charge is 2.15. The predicted octanol–water partition coefficient (Wildman–Crippen LogP) is 2.51. The van der Waals surface area contributed by atoms with Crippen LogP contribution in [0.3, 0.4) is 0 Å². The molecular weight excluding hydrogens is 333 g/mol. The van der Waals surface area contributed by atoms with E-state index in [2.05, 4.69) is 0 Å². The number of rotatable bonds is 4. The van der Waals surface area contributed by atoms with Crippen LogP contribution in [0.4, 0.5) is 4.39 Å². The van der Waals surface area contributed by atoms with Crippen LogP contribution in [0.1, 0.15) is 11.1 Å². The summed E-state index contributed by atoms with van der Waals surface area (Å²) in [6.45, 7) is 0.864. The van der Waals surface area contributed by atoms with Gasteiger partial charge in [0, 0.05) is 23.1 Å². The molecule has 0 fully saturated rings. The van der Waals surface area contributed by atoms with Crippen molar-refractivity contribution in [1.82, 2.24) is 0 Å². The average Bonchev–Trinajstić information content (AvgIpc) is 2.50. The molecule has 2 aromatic carbocycles. The zero-order chi connectivity index (χ0) is 17.3. The molecule has 0 amide bonds. The van der Waals surface area contributed by atoms with Crippen LogP contribution < -0.4 is 10.5 Å². The van der Waals surface area contributed by atoms with Crippen LogP contribution in [-0.4, -0.2) is 12.2 Å². The second-order valence-electron chi connectivity index (χ2n) is 5.78. The highest BCUT2D eigenvalue weighted by molar-refractivity contribution is 6.31. The van der Waals surface area contributed by atoms with Gasteiger partial charge in [0.05, 0.1) is 17.6 Å². The molecule has 0 aliphatic heterocycles. The Balaban J connectivity index is 1.91. The number of fused-ring (bicyclic) bond motifs is 1. The lowest BCUT2D eigenvalue weighted by atomic mass is 10.1. The van der Waals surface area contributed by atoms with Gasteiger partial charge < -0.3 is 14.4 Å². The van der Waals surface area contributed by atoms with E-state index in [1.165, 1.54) is 24.3 Å². The van der Waals surface area contributed by atoms with E-state index in [1.54, 1.807) is 18.2 Å². The summed E-state index contributed by atoms with van der Waals surface area (Å²) in [4.78, 5) is 12.7. The smallest absolute Gasteiger partial charge is 0.336 e. The number of phenols is 1. The quantitative estimate of drug-likeness (QED) is 0.712. The first kappa shape index (κ1) is 16.5.